The molecule has 0 aromatic heterocycles. The van der Waals surface area contributed by atoms with Crippen molar-refractivity contribution in [2.75, 3.05) is 5.32 Å². The lowest BCUT2D eigenvalue weighted by atomic mass is 10.0. The smallest absolute Gasteiger partial charge is 0.117 e. The number of benzene rings is 2. The molecule has 2 heteroatoms. The Labute approximate surface area is 115 Å². The summed E-state index contributed by atoms with van der Waals surface area (Å²) in [5, 5.41) is 13.0. The fraction of sp³-hybridized carbons (Fsp3) is 0.294. The fourth-order valence-corrected chi connectivity index (χ4v) is 2.20. The molecule has 0 spiro atoms. The first kappa shape index (κ1) is 13.5. The van der Waals surface area contributed by atoms with Crippen molar-refractivity contribution in [1.29, 1.82) is 0 Å². The first-order valence-corrected chi connectivity index (χ1v) is 6.87. The van der Waals surface area contributed by atoms with Crippen LogP contribution in [0.5, 0.6) is 5.75 Å². The van der Waals surface area contributed by atoms with Gasteiger partial charge in [-0.2, -0.15) is 0 Å². The van der Waals surface area contributed by atoms with Gasteiger partial charge in [0.2, 0.25) is 0 Å². The SMILES string of the molecule is CCc1ccc(C(CC)Nc2cccc(O)c2)cc1. The topological polar surface area (TPSA) is 32.3 Å². The number of phenolic OH excluding ortho intramolecular Hbond substituents is 1. The summed E-state index contributed by atoms with van der Waals surface area (Å²) in [5.41, 5.74) is 3.59. The Hall–Kier alpha value is -1.96. The molecular weight excluding hydrogens is 234 g/mol. The fourth-order valence-electron chi connectivity index (χ4n) is 2.20. The van der Waals surface area contributed by atoms with Gasteiger partial charge < -0.3 is 10.4 Å². The van der Waals surface area contributed by atoms with Crippen LogP contribution in [0.15, 0.2) is 48.5 Å². The van der Waals surface area contributed by atoms with Crippen LogP contribution in [0.25, 0.3) is 0 Å². The number of hydrogen-bond donors (Lipinski definition) is 2. The van der Waals surface area contributed by atoms with Gasteiger partial charge in [0, 0.05) is 11.8 Å². The van der Waals surface area contributed by atoms with Crippen molar-refractivity contribution < 1.29 is 5.11 Å². The van der Waals surface area contributed by atoms with Crippen LogP contribution >= 0.6 is 0 Å². The quantitative estimate of drug-likeness (QED) is 0.823. The third-order valence-corrected chi connectivity index (χ3v) is 3.39. The third-order valence-electron chi connectivity index (χ3n) is 3.39. The van der Waals surface area contributed by atoms with Crippen LogP contribution in [0.3, 0.4) is 0 Å². The van der Waals surface area contributed by atoms with Crippen molar-refractivity contribution in [1.82, 2.24) is 0 Å². The van der Waals surface area contributed by atoms with Crippen molar-refractivity contribution in [3.63, 3.8) is 0 Å². The average Bonchev–Trinajstić information content (AvgIpc) is 2.45. The summed E-state index contributed by atoms with van der Waals surface area (Å²) in [7, 11) is 0. The van der Waals surface area contributed by atoms with Crippen molar-refractivity contribution in [2.24, 2.45) is 0 Å². The molecule has 0 aliphatic carbocycles. The molecule has 2 aromatic carbocycles. The molecule has 0 aliphatic rings. The van der Waals surface area contributed by atoms with Crippen LogP contribution in [-0.4, -0.2) is 5.11 Å². The van der Waals surface area contributed by atoms with Gasteiger partial charge in [0.05, 0.1) is 6.04 Å². The Morgan fingerprint density at radius 1 is 1.05 bits per heavy atom. The Morgan fingerprint density at radius 2 is 1.79 bits per heavy atom. The Morgan fingerprint density at radius 3 is 2.37 bits per heavy atom. The molecular formula is C17H21NO. The molecule has 1 unspecified atom stereocenters. The van der Waals surface area contributed by atoms with Crippen LogP contribution < -0.4 is 5.32 Å². The summed E-state index contributed by atoms with van der Waals surface area (Å²) < 4.78 is 0. The molecule has 2 N–H and O–H groups in total. The first-order chi connectivity index (χ1) is 9.22. The largest absolute Gasteiger partial charge is 0.508 e. The normalized spacial score (nSPS) is 12.1. The Balaban J connectivity index is 2.15. The highest BCUT2D eigenvalue weighted by molar-refractivity contribution is 5.49. The standard InChI is InChI=1S/C17H21NO/c1-3-13-8-10-14(11-9-13)17(4-2)18-15-6-5-7-16(19)12-15/h5-12,17-19H,3-4H2,1-2H3. The maximum atomic E-state index is 9.50. The van der Waals surface area contributed by atoms with E-state index in [0.717, 1.165) is 18.5 Å². The minimum atomic E-state index is 0.271. The molecule has 0 fully saturated rings. The Bertz CT molecular complexity index is 519. The number of aryl methyl sites for hydroxylation is 1. The van der Waals surface area contributed by atoms with Gasteiger partial charge in [-0.15, -0.1) is 0 Å². The minimum absolute atomic E-state index is 0.271. The van der Waals surface area contributed by atoms with E-state index >= 15 is 0 Å². The number of rotatable bonds is 5. The van der Waals surface area contributed by atoms with Crippen molar-refractivity contribution in [3.05, 3.63) is 59.7 Å². The second kappa shape index (κ2) is 6.28. The molecule has 1 atom stereocenters. The number of nitrogens with one attached hydrogen (secondary N) is 1. The van der Waals surface area contributed by atoms with E-state index in [1.165, 1.54) is 11.1 Å². The van der Waals surface area contributed by atoms with Gasteiger partial charge in [-0.1, -0.05) is 44.2 Å². The van der Waals surface area contributed by atoms with Crippen LogP contribution in [0.2, 0.25) is 0 Å². The second-order valence-electron chi connectivity index (χ2n) is 4.75. The van der Waals surface area contributed by atoms with E-state index in [1.807, 2.05) is 12.1 Å². The number of phenols is 1. The highest BCUT2D eigenvalue weighted by Crippen LogP contribution is 2.24. The summed E-state index contributed by atoms with van der Waals surface area (Å²) in [6.07, 6.45) is 2.07. The summed E-state index contributed by atoms with van der Waals surface area (Å²) in [6, 6.07) is 16.3. The van der Waals surface area contributed by atoms with Gasteiger partial charge in [0.25, 0.3) is 0 Å². The predicted octanol–water partition coefficient (Wildman–Crippen LogP) is 4.52. The predicted molar refractivity (Wildman–Crippen MR) is 80.6 cm³/mol. The molecule has 0 bridgehead atoms. The van der Waals surface area contributed by atoms with E-state index < -0.39 is 0 Å². The highest BCUT2D eigenvalue weighted by atomic mass is 16.3. The molecule has 2 rings (SSSR count). The molecule has 100 valence electrons. The maximum absolute atomic E-state index is 9.50. The van der Waals surface area contributed by atoms with Gasteiger partial charge in [-0.3, -0.25) is 0 Å². The molecule has 0 radical (unpaired) electrons. The molecule has 2 aromatic rings. The zero-order valence-corrected chi connectivity index (χ0v) is 11.6. The van der Waals surface area contributed by atoms with Gasteiger partial charge >= 0.3 is 0 Å². The average molecular weight is 255 g/mol. The highest BCUT2D eigenvalue weighted by Gasteiger charge is 2.09. The second-order valence-corrected chi connectivity index (χ2v) is 4.75. The van der Waals surface area contributed by atoms with E-state index in [2.05, 4.69) is 43.4 Å². The van der Waals surface area contributed by atoms with Crippen LogP contribution in [-0.2, 0) is 6.42 Å². The van der Waals surface area contributed by atoms with E-state index in [-0.39, 0.29) is 6.04 Å². The van der Waals surface area contributed by atoms with E-state index in [0.29, 0.717) is 5.75 Å². The number of hydrogen-bond acceptors (Lipinski definition) is 2. The van der Waals surface area contributed by atoms with Crippen molar-refractivity contribution in [2.45, 2.75) is 32.7 Å². The lowest BCUT2D eigenvalue weighted by Gasteiger charge is -2.19. The summed E-state index contributed by atoms with van der Waals surface area (Å²) in [6.45, 7) is 4.32. The van der Waals surface area contributed by atoms with Crippen LogP contribution in [0, 0.1) is 0 Å². The van der Waals surface area contributed by atoms with Gasteiger partial charge in [-0.25, -0.2) is 0 Å². The number of aromatic hydroxyl groups is 1. The van der Waals surface area contributed by atoms with Gasteiger partial charge in [0.15, 0.2) is 0 Å². The van der Waals surface area contributed by atoms with Crippen LogP contribution in [0.4, 0.5) is 5.69 Å². The number of anilines is 1. The third kappa shape index (κ3) is 3.50. The zero-order valence-electron chi connectivity index (χ0n) is 11.6. The maximum Gasteiger partial charge on any atom is 0.117 e. The molecule has 0 saturated carbocycles. The first-order valence-electron chi connectivity index (χ1n) is 6.87. The Kier molecular flexibility index (Phi) is 4.45. The monoisotopic (exact) mass is 255 g/mol. The van der Waals surface area contributed by atoms with Gasteiger partial charge in [0.1, 0.15) is 5.75 Å². The molecule has 0 amide bonds. The zero-order chi connectivity index (χ0) is 13.7. The van der Waals surface area contributed by atoms with Gasteiger partial charge in [-0.05, 0) is 36.1 Å². The van der Waals surface area contributed by atoms with E-state index in [9.17, 15) is 5.11 Å². The summed E-state index contributed by atoms with van der Waals surface area (Å²) >= 11 is 0. The molecule has 0 saturated heterocycles. The molecule has 2 nitrogen and oxygen atoms in total. The van der Waals surface area contributed by atoms with Crippen LogP contribution in [0.1, 0.15) is 37.4 Å². The molecule has 0 aliphatic heterocycles. The lowest BCUT2D eigenvalue weighted by molar-refractivity contribution is 0.475. The summed E-state index contributed by atoms with van der Waals surface area (Å²) in [4.78, 5) is 0. The van der Waals surface area contributed by atoms with Crippen molar-refractivity contribution >= 4 is 5.69 Å². The summed E-state index contributed by atoms with van der Waals surface area (Å²) in [5.74, 6) is 0.293. The van der Waals surface area contributed by atoms with E-state index in [4.69, 9.17) is 0 Å². The molecule has 19 heavy (non-hydrogen) atoms. The molecule has 0 heterocycles. The van der Waals surface area contributed by atoms with E-state index in [1.54, 1.807) is 12.1 Å². The minimum Gasteiger partial charge on any atom is -0.508 e. The van der Waals surface area contributed by atoms with Crippen molar-refractivity contribution in [3.8, 4) is 5.75 Å². The lowest BCUT2D eigenvalue weighted by Crippen LogP contribution is -2.09.